The third-order valence-electron chi connectivity index (χ3n) is 3.44. The minimum absolute atomic E-state index is 0.831. The molecule has 0 N–H and O–H groups in total. The first-order valence-electron chi connectivity index (χ1n) is 6.10. The molecule has 0 bridgehead atoms. The molecule has 3 heteroatoms. The molecule has 0 unspecified atom stereocenters. The van der Waals surface area contributed by atoms with Crippen molar-refractivity contribution in [3.8, 4) is 0 Å². The molecule has 1 aliphatic rings. The number of anilines is 1. The number of fused-ring (bicyclic) bond motifs is 1. The Labute approximate surface area is 105 Å². The van der Waals surface area contributed by atoms with Crippen LogP contribution in [0.15, 0.2) is 23.6 Å². The van der Waals surface area contributed by atoms with E-state index in [0.717, 1.165) is 30.6 Å². The SMILES string of the molecule is O=Cc1ccc2sccc2c1N1CCCCC1. The summed E-state index contributed by atoms with van der Waals surface area (Å²) in [5.41, 5.74) is 1.98. The fraction of sp³-hybridized carbons (Fsp3) is 0.357. The number of piperidine rings is 1. The Morgan fingerprint density at radius 1 is 1.12 bits per heavy atom. The van der Waals surface area contributed by atoms with Crippen LogP contribution in [0.3, 0.4) is 0 Å². The van der Waals surface area contributed by atoms with Gasteiger partial charge in [0.1, 0.15) is 0 Å². The molecule has 1 aliphatic heterocycles. The lowest BCUT2D eigenvalue weighted by Crippen LogP contribution is -2.30. The monoisotopic (exact) mass is 245 g/mol. The van der Waals surface area contributed by atoms with E-state index in [1.54, 1.807) is 11.3 Å². The minimum Gasteiger partial charge on any atom is -0.370 e. The Morgan fingerprint density at radius 3 is 2.71 bits per heavy atom. The van der Waals surface area contributed by atoms with Crippen molar-refractivity contribution in [2.24, 2.45) is 0 Å². The van der Waals surface area contributed by atoms with Crippen molar-refractivity contribution >= 4 is 33.4 Å². The van der Waals surface area contributed by atoms with Gasteiger partial charge in [-0.3, -0.25) is 4.79 Å². The number of carbonyl (C=O) groups is 1. The molecule has 0 atom stereocenters. The average Bonchev–Trinajstić information content (AvgIpc) is 2.86. The minimum atomic E-state index is 0.831. The standard InChI is InChI=1S/C14H15NOS/c16-10-11-4-5-13-12(6-9-17-13)14(11)15-7-2-1-3-8-15/h4-6,9-10H,1-3,7-8H2. The maximum Gasteiger partial charge on any atom is 0.152 e. The second kappa shape index (κ2) is 4.49. The summed E-state index contributed by atoms with van der Waals surface area (Å²) in [5.74, 6) is 0. The highest BCUT2D eigenvalue weighted by Gasteiger charge is 2.17. The quantitative estimate of drug-likeness (QED) is 0.752. The van der Waals surface area contributed by atoms with Crippen LogP contribution >= 0.6 is 11.3 Å². The Kier molecular flexibility index (Phi) is 2.85. The van der Waals surface area contributed by atoms with Crippen LogP contribution in [-0.2, 0) is 0 Å². The smallest absolute Gasteiger partial charge is 0.152 e. The van der Waals surface area contributed by atoms with E-state index in [0.29, 0.717) is 0 Å². The number of rotatable bonds is 2. The van der Waals surface area contributed by atoms with E-state index in [-0.39, 0.29) is 0 Å². The normalized spacial score (nSPS) is 16.4. The van der Waals surface area contributed by atoms with Crippen molar-refractivity contribution in [2.45, 2.75) is 19.3 Å². The van der Waals surface area contributed by atoms with Crippen molar-refractivity contribution in [3.05, 3.63) is 29.1 Å². The predicted molar refractivity (Wildman–Crippen MR) is 73.3 cm³/mol. The Morgan fingerprint density at radius 2 is 1.94 bits per heavy atom. The van der Waals surface area contributed by atoms with Gasteiger partial charge in [0.2, 0.25) is 0 Å². The number of hydrogen-bond donors (Lipinski definition) is 0. The fourth-order valence-corrected chi connectivity index (χ4v) is 3.40. The predicted octanol–water partition coefficient (Wildman–Crippen LogP) is 3.70. The van der Waals surface area contributed by atoms with Crippen LogP contribution in [0, 0.1) is 0 Å². The average molecular weight is 245 g/mol. The number of thiophene rings is 1. The highest BCUT2D eigenvalue weighted by atomic mass is 32.1. The molecule has 2 nitrogen and oxygen atoms in total. The molecule has 1 aromatic heterocycles. The van der Waals surface area contributed by atoms with Crippen molar-refractivity contribution in [3.63, 3.8) is 0 Å². The first-order valence-corrected chi connectivity index (χ1v) is 6.98. The maximum absolute atomic E-state index is 11.2. The lowest BCUT2D eigenvalue weighted by atomic mass is 10.1. The molecule has 0 saturated carbocycles. The second-order valence-corrected chi connectivity index (χ2v) is 5.45. The molecule has 0 radical (unpaired) electrons. The van der Waals surface area contributed by atoms with Gasteiger partial charge < -0.3 is 4.90 Å². The number of aldehydes is 1. The first kappa shape index (κ1) is 10.8. The first-order chi connectivity index (χ1) is 8.40. The maximum atomic E-state index is 11.2. The van der Waals surface area contributed by atoms with Crippen LogP contribution in [0.25, 0.3) is 10.1 Å². The highest BCUT2D eigenvalue weighted by Crippen LogP contribution is 2.34. The molecule has 88 valence electrons. The molecule has 0 amide bonds. The van der Waals surface area contributed by atoms with Crippen LogP contribution in [0.4, 0.5) is 5.69 Å². The molecule has 0 aliphatic carbocycles. The molecule has 1 fully saturated rings. The van der Waals surface area contributed by atoms with E-state index < -0.39 is 0 Å². The molecule has 2 aromatic rings. The number of nitrogens with zero attached hydrogens (tertiary/aromatic N) is 1. The van der Waals surface area contributed by atoms with Crippen molar-refractivity contribution in [2.75, 3.05) is 18.0 Å². The zero-order valence-corrected chi connectivity index (χ0v) is 10.5. The fourth-order valence-electron chi connectivity index (χ4n) is 2.61. The molecule has 0 spiro atoms. The summed E-state index contributed by atoms with van der Waals surface area (Å²) in [6.07, 6.45) is 4.77. The van der Waals surface area contributed by atoms with E-state index in [4.69, 9.17) is 0 Å². The van der Waals surface area contributed by atoms with E-state index in [9.17, 15) is 4.79 Å². The summed E-state index contributed by atoms with van der Waals surface area (Å²) in [6, 6.07) is 6.14. The Bertz CT molecular complexity index is 540. The summed E-state index contributed by atoms with van der Waals surface area (Å²) in [6.45, 7) is 2.16. The summed E-state index contributed by atoms with van der Waals surface area (Å²) in [7, 11) is 0. The summed E-state index contributed by atoms with van der Waals surface area (Å²) in [5, 5.41) is 3.34. The third-order valence-corrected chi connectivity index (χ3v) is 4.32. The zero-order chi connectivity index (χ0) is 11.7. The molecule has 1 saturated heterocycles. The largest absolute Gasteiger partial charge is 0.370 e. The highest BCUT2D eigenvalue weighted by molar-refractivity contribution is 7.17. The van der Waals surface area contributed by atoms with E-state index in [1.807, 2.05) is 6.07 Å². The second-order valence-electron chi connectivity index (χ2n) is 4.50. The van der Waals surface area contributed by atoms with Crippen molar-refractivity contribution in [1.82, 2.24) is 0 Å². The van der Waals surface area contributed by atoms with Gasteiger partial charge in [-0.05, 0) is 42.8 Å². The van der Waals surface area contributed by atoms with Crippen LogP contribution in [0.5, 0.6) is 0 Å². The molecule has 17 heavy (non-hydrogen) atoms. The number of hydrogen-bond acceptors (Lipinski definition) is 3. The van der Waals surface area contributed by atoms with Crippen LogP contribution < -0.4 is 4.90 Å². The lowest BCUT2D eigenvalue weighted by molar-refractivity contribution is 0.112. The third kappa shape index (κ3) is 1.84. The van der Waals surface area contributed by atoms with Gasteiger partial charge in [-0.1, -0.05) is 0 Å². The van der Waals surface area contributed by atoms with Crippen molar-refractivity contribution in [1.29, 1.82) is 0 Å². The summed E-state index contributed by atoms with van der Waals surface area (Å²) in [4.78, 5) is 13.6. The lowest BCUT2D eigenvalue weighted by Gasteiger charge is -2.30. The van der Waals surface area contributed by atoms with Gasteiger partial charge in [-0.25, -0.2) is 0 Å². The van der Waals surface area contributed by atoms with Gasteiger partial charge >= 0.3 is 0 Å². The van der Waals surface area contributed by atoms with Crippen LogP contribution in [-0.4, -0.2) is 19.4 Å². The molecule has 3 rings (SSSR count). The van der Waals surface area contributed by atoms with Crippen LogP contribution in [0.2, 0.25) is 0 Å². The molecule has 1 aromatic carbocycles. The zero-order valence-electron chi connectivity index (χ0n) is 9.69. The van der Waals surface area contributed by atoms with Crippen molar-refractivity contribution < 1.29 is 4.79 Å². The topological polar surface area (TPSA) is 20.3 Å². The van der Waals surface area contributed by atoms with Gasteiger partial charge in [0.05, 0.1) is 5.69 Å². The van der Waals surface area contributed by atoms with Gasteiger partial charge in [0.25, 0.3) is 0 Å². The van der Waals surface area contributed by atoms with Crippen LogP contribution in [0.1, 0.15) is 29.6 Å². The van der Waals surface area contributed by atoms with E-state index >= 15 is 0 Å². The molecular formula is C14H15NOS. The Balaban J connectivity index is 2.16. The van der Waals surface area contributed by atoms with Gasteiger partial charge in [-0.15, -0.1) is 11.3 Å². The number of carbonyl (C=O) groups excluding carboxylic acids is 1. The summed E-state index contributed by atoms with van der Waals surface area (Å²) < 4.78 is 1.27. The van der Waals surface area contributed by atoms with E-state index in [1.165, 1.54) is 29.3 Å². The molecular weight excluding hydrogens is 230 g/mol. The van der Waals surface area contributed by atoms with Gasteiger partial charge in [-0.2, -0.15) is 0 Å². The van der Waals surface area contributed by atoms with Gasteiger partial charge in [0.15, 0.2) is 6.29 Å². The Hall–Kier alpha value is -1.35. The van der Waals surface area contributed by atoms with Gasteiger partial charge in [0, 0.05) is 28.7 Å². The summed E-state index contributed by atoms with van der Waals surface area (Å²) >= 11 is 1.74. The number of benzene rings is 1. The molecule has 2 heterocycles. The van der Waals surface area contributed by atoms with E-state index in [2.05, 4.69) is 22.4 Å².